The average Bonchev–Trinajstić information content (AvgIpc) is 3.02. The predicted molar refractivity (Wildman–Crippen MR) is 69.2 cm³/mol. The van der Waals surface area contributed by atoms with Gasteiger partial charge in [-0.1, -0.05) is 23.1 Å². The van der Waals surface area contributed by atoms with Gasteiger partial charge in [-0.05, 0) is 12.8 Å². The fourth-order valence-corrected chi connectivity index (χ4v) is 2.68. The van der Waals surface area contributed by atoms with Crippen LogP contribution in [0.15, 0.2) is 4.34 Å². The molecule has 1 aromatic rings. The van der Waals surface area contributed by atoms with Crippen LogP contribution in [0.25, 0.3) is 0 Å². The van der Waals surface area contributed by atoms with Gasteiger partial charge in [0.05, 0.1) is 5.75 Å². The topological polar surface area (TPSA) is 96.0 Å². The lowest BCUT2D eigenvalue weighted by Crippen LogP contribution is -2.41. The van der Waals surface area contributed by atoms with Gasteiger partial charge in [-0.15, -0.1) is 10.2 Å². The molecule has 1 heterocycles. The molecule has 18 heavy (non-hydrogen) atoms. The number of anilines is 1. The zero-order valence-electron chi connectivity index (χ0n) is 9.73. The number of nitrogens with zero attached hydrogens (tertiary/aromatic N) is 2. The summed E-state index contributed by atoms with van der Waals surface area (Å²) in [4.78, 5) is 21.9. The minimum absolute atomic E-state index is 0.193. The fraction of sp³-hybridized carbons (Fsp3) is 0.556. The highest BCUT2D eigenvalue weighted by Crippen LogP contribution is 2.29. The summed E-state index contributed by atoms with van der Waals surface area (Å²) >= 11 is 2.72. The van der Waals surface area contributed by atoms with Crippen LogP contribution in [0.2, 0.25) is 0 Å². The number of nitrogens with one attached hydrogen (secondary N) is 3. The molecule has 3 N–H and O–H groups in total. The molecule has 0 atom stereocenters. The lowest BCUT2D eigenvalue weighted by molar-refractivity contribution is -0.126. The molecular weight excluding hydrogens is 274 g/mol. The van der Waals surface area contributed by atoms with Crippen LogP contribution in [0.4, 0.5) is 5.13 Å². The van der Waals surface area contributed by atoms with E-state index in [0.29, 0.717) is 6.04 Å². The first kappa shape index (κ1) is 13.1. The standard InChI is InChI=1S/C9H13N5O2S2/c1-5(15)11-12-7(16)4-17-9-14-13-8(18-9)10-6-2-3-6/h6H,2-4H2,1H3,(H,10,13)(H,11,15)(H,12,16). The Bertz CT molecular complexity index is 446. The quantitative estimate of drug-likeness (QED) is 0.535. The number of hydrogen-bond acceptors (Lipinski definition) is 7. The summed E-state index contributed by atoms with van der Waals surface area (Å²) in [6.07, 6.45) is 2.36. The Morgan fingerprint density at radius 1 is 1.39 bits per heavy atom. The van der Waals surface area contributed by atoms with Crippen molar-refractivity contribution in [3.8, 4) is 0 Å². The van der Waals surface area contributed by atoms with Crippen LogP contribution >= 0.6 is 23.1 Å². The van der Waals surface area contributed by atoms with Crippen LogP contribution in [0.1, 0.15) is 19.8 Å². The van der Waals surface area contributed by atoms with Crippen LogP contribution in [-0.4, -0.2) is 33.8 Å². The number of carbonyl (C=O) groups excluding carboxylic acids is 2. The molecule has 1 saturated carbocycles. The Morgan fingerprint density at radius 3 is 2.83 bits per heavy atom. The van der Waals surface area contributed by atoms with Crippen molar-refractivity contribution < 1.29 is 9.59 Å². The normalized spacial score (nSPS) is 14.1. The van der Waals surface area contributed by atoms with Crippen molar-refractivity contribution >= 4 is 40.0 Å². The summed E-state index contributed by atoms with van der Waals surface area (Å²) in [6.45, 7) is 1.33. The molecule has 98 valence electrons. The van der Waals surface area contributed by atoms with Gasteiger partial charge in [0, 0.05) is 13.0 Å². The summed E-state index contributed by atoms with van der Waals surface area (Å²) in [7, 11) is 0. The Labute approximate surface area is 112 Å². The molecule has 0 saturated heterocycles. The molecule has 0 bridgehead atoms. The molecule has 1 aromatic heterocycles. The molecule has 9 heteroatoms. The van der Waals surface area contributed by atoms with Gasteiger partial charge in [0.25, 0.3) is 0 Å². The zero-order chi connectivity index (χ0) is 13.0. The maximum atomic E-state index is 11.3. The van der Waals surface area contributed by atoms with E-state index >= 15 is 0 Å². The van der Waals surface area contributed by atoms with E-state index in [9.17, 15) is 9.59 Å². The highest BCUT2D eigenvalue weighted by atomic mass is 32.2. The summed E-state index contributed by atoms with van der Waals surface area (Å²) < 4.78 is 0.733. The molecule has 1 fully saturated rings. The maximum Gasteiger partial charge on any atom is 0.248 e. The third-order valence-corrected chi connectivity index (χ3v) is 4.00. The molecule has 2 amide bonds. The first-order chi connectivity index (χ1) is 8.63. The van der Waals surface area contributed by atoms with E-state index in [1.807, 2.05) is 0 Å². The molecule has 1 aliphatic carbocycles. The van der Waals surface area contributed by atoms with Crippen LogP contribution in [0.3, 0.4) is 0 Å². The SMILES string of the molecule is CC(=O)NNC(=O)CSc1nnc(NC2CC2)s1. The molecule has 0 aromatic carbocycles. The Hall–Kier alpha value is -1.35. The monoisotopic (exact) mass is 287 g/mol. The number of aromatic nitrogens is 2. The maximum absolute atomic E-state index is 11.3. The van der Waals surface area contributed by atoms with Crippen LogP contribution in [-0.2, 0) is 9.59 Å². The number of thioether (sulfide) groups is 1. The number of amides is 2. The van der Waals surface area contributed by atoms with Gasteiger partial charge in [0.15, 0.2) is 4.34 Å². The Kier molecular flexibility index (Phi) is 4.37. The van der Waals surface area contributed by atoms with Crippen molar-refractivity contribution in [2.75, 3.05) is 11.1 Å². The number of carbonyl (C=O) groups is 2. The minimum atomic E-state index is -0.305. The Balaban J connectivity index is 1.70. The Morgan fingerprint density at radius 2 is 2.17 bits per heavy atom. The lowest BCUT2D eigenvalue weighted by Gasteiger charge is -2.02. The number of hydrazine groups is 1. The molecule has 7 nitrogen and oxygen atoms in total. The van der Waals surface area contributed by atoms with Crippen molar-refractivity contribution in [1.82, 2.24) is 21.0 Å². The van der Waals surface area contributed by atoms with Gasteiger partial charge < -0.3 is 5.32 Å². The van der Waals surface area contributed by atoms with Crippen LogP contribution in [0, 0.1) is 0 Å². The number of hydrogen-bond donors (Lipinski definition) is 3. The minimum Gasteiger partial charge on any atom is -0.357 e. The molecule has 0 unspecified atom stereocenters. The van der Waals surface area contributed by atoms with Gasteiger partial charge >= 0.3 is 0 Å². The van der Waals surface area contributed by atoms with E-state index < -0.39 is 0 Å². The van der Waals surface area contributed by atoms with Gasteiger partial charge in [-0.3, -0.25) is 20.4 Å². The summed E-state index contributed by atoms with van der Waals surface area (Å²) in [5, 5.41) is 12.0. The van der Waals surface area contributed by atoms with E-state index in [1.54, 1.807) is 0 Å². The van der Waals surface area contributed by atoms with Crippen LogP contribution in [0.5, 0.6) is 0 Å². The summed E-state index contributed by atoms with van der Waals surface area (Å²) in [6, 6.07) is 0.541. The molecule has 0 spiro atoms. The largest absolute Gasteiger partial charge is 0.357 e. The predicted octanol–water partition coefficient (Wildman–Crippen LogP) is 0.372. The lowest BCUT2D eigenvalue weighted by atomic mass is 10.7. The van der Waals surface area contributed by atoms with Crippen molar-refractivity contribution in [1.29, 1.82) is 0 Å². The third-order valence-electron chi connectivity index (χ3n) is 2.02. The fourth-order valence-electron chi connectivity index (χ4n) is 1.05. The second-order valence-electron chi connectivity index (χ2n) is 3.81. The van der Waals surface area contributed by atoms with Gasteiger partial charge in [0.2, 0.25) is 16.9 Å². The van der Waals surface area contributed by atoms with E-state index in [0.717, 1.165) is 9.47 Å². The first-order valence-corrected chi connectivity index (χ1v) is 7.22. The smallest absolute Gasteiger partial charge is 0.248 e. The van der Waals surface area contributed by atoms with Crippen LogP contribution < -0.4 is 16.2 Å². The second-order valence-corrected chi connectivity index (χ2v) is 6.01. The summed E-state index contributed by atoms with van der Waals surface area (Å²) in [5.41, 5.74) is 4.51. The molecule has 0 aliphatic heterocycles. The van der Waals surface area contributed by atoms with Gasteiger partial charge in [-0.25, -0.2) is 0 Å². The molecular formula is C9H13N5O2S2. The van der Waals surface area contributed by atoms with Gasteiger partial charge in [0.1, 0.15) is 0 Å². The van der Waals surface area contributed by atoms with E-state index in [1.165, 1.54) is 42.9 Å². The molecule has 0 radical (unpaired) electrons. The second kappa shape index (κ2) is 6.01. The molecule has 2 rings (SSSR count). The van der Waals surface area contributed by atoms with Gasteiger partial charge in [-0.2, -0.15) is 0 Å². The third kappa shape index (κ3) is 4.49. The van der Waals surface area contributed by atoms with Crippen molar-refractivity contribution in [2.24, 2.45) is 0 Å². The number of rotatable bonds is 5. The van der Waals surface area contributed by atoms with E-state index in [2.05, 4.69) is 26.4 Å². The van der Waals surface area contributed by atoms with Crippen molar-refractivity contribution in [2.45, 2.75) is 30.1 Å². The average molecular weight is 287 g/mol. The highest BCUT2D eigenvalue weighted by molar-refractivity contribution is 8.01. The van der Waals surface area contributed by atoms with Crippen molar-refractivity contribution in [3.05, 3.63) is 0 Å². The van der Waals surface area contributed by atoms with E-state index in [4.69, 9.17) is 0 Å². The molecule has 1 aliphatic rings. The first-order valence-electron chi connectivity index (χ1n) is 5.42. The summed E-state index contributed by atoms with van der Waals surface area (Å²) in [5.74, 6) is -0.388. The van der Waals surface area contributed by atoms with E-state index in [-0.39, 0.29) is 17.6 Å². The zero-order valence-corrected chi connectivity index (χ0v) is 11.4. The highest BCUT2D eigenvalue weighted by Gasteiger charge is 2.22. The van der Waals surface area contributed by atoms with Crippen molar-refractivity contribution in [3.63, 3.8) is 0 Å².